The molecular weight excluding hydrogens is 182 g/mol. The zero-order valence-corrected chi connectivity index (χ0v) is 8.48. The van der Waals surface area contributed by atoms with Crippen molar-refractivity contribution in [3.8, 4) is 0 Å². The zero-order valence-electron chi connectivity index (χ0n) is 8.48. The van der Waals surface area contributed by atoms with Crippen molar-refractivity contribution in [2.75, 3.05) is 19.7 Å². The Morgan fingerprint density at radius 3 is 2.79 bits per heavy atom. The van der Waals surface area contributed by atoms with E-state index in [-0.39, 0.29) is 11.9 Å². The van der Waals surface area contributed by atoms with Gasteiger partial charge in [-0.3, -0.25) is 4.79 Å². The Bertz CT molecular complexity index is 210. The summed E-state index contributed by atoms with van der Waals surface area (Å²) in [5.74, 6) is 5.02. The average molecular weight is 199 g/mol. The number of nitrogens with zero attached hydrogens (tertiary/aromatic N) is 2. The summed E-state index contributed by atoms with van der Waals surface area (Å²) in [5.41, 5.74) is 0. The topological polar surface area (TPSA) is 67.9 Å². The van der Waals surface area contributed by atoms with Gasteiger partial charge in [-0.05, 0) is 19.8 Å². The SMILES string of the molecule is CCOC(=O)C1CCN(C=NN)CC1. The van der Waals surface area contributed by atoms with Gasteiger partial charge in [0.15, 0.2) is 0 Å². The van der Waals surface area contributed by atoms with Crippen molar-refractivity contribution >= 4 is 12.3 Å². The third-order valence-electron chi connectivity index (χ3n) is 2.38. The van der Waals surface area contributed by atoms with Gasteiger partial charge >= 0.3 is 5.97 Å². The van der Waals surface area contributed by atoms with Crippen LogP contribution in [0.25, 0.3) is 0 Å². The minimum Gasteiger partial charge on any atom is -0.466 e. The van der Waals surface area contributed by atoms with Crippen molar-refractivity contribution in [3.63, 3.8) is 0 Å². The van der Waals surface area contributed by atoms with Crippen molar-refractivity contribution in [1.82, 2.24) is 4.90 Å². The molecule has 0 amide bonds. The third kappa shape index (κ3) is 2.90. The van der Waals surface area contributed by atoms with Gasteiger partial charge < -0.3 is 15.5 Å². The van der Waals surface area contributed by atoms with Crippen molar-refractivity contribution in [2.45, 2.75) is 19.8 Å². The van der Waals surface area contributed by atoms with E-state index in [2.05, 4.69) is 5.10 Å². The van der Waals surface area contributed by atoms with E-state index in [4.69, 9.17) is 10.6 Å². The maximum Gasteiger partial charge on any atom is 0.309 e. The molecule has 0 saturated carbocycles. The van der Waals surface area contributed by atoms with E-state index in [0.717, 1.165) is 25.9 Å². The van der Waals surface area contributed by atoms with Crippen LogP contribution in [-0.2, 0) is 9.53 Å². The number of hydrazone groups is 1. The molecule has 0 aliphatic carbocycles. The molecule has 0 spiro atoms. The highest BCUT2D eigenvalue weighted by Gasteiger charge is 2.24. The molecule has 0 aromatic heterocycles. The van der Waals surface area contributed by atoms with Crippen LogP contribution in [0.5, 0.6) is 0 Å². The fourth-order valence-corrected chi connectivity index (χ4v) is 1.61. The molecule has 1 rings (SSSR count). The van der Waals surface area contributed by atoms with Gasteiger partial charge in [-0.25, -0.2) is 0 Å². The lowest BCUT2D eigenvalue weighted by Crippen LogP contribution is -2.36. The molecule has 5 nitrogen and oxygen atoms in total. The molecule has 80 valence electrons. The van der Waals surface area contributed by atoms with Crippen LogP contribution in [0.1, 0.15) is 19.8 Å². The standard InChI is InChI=1S/C9H17N3O2/c1-2-14-9(13)8-3-5-12(6-4-8)7-11-10/h7-8H,2-6,10H2,1H3. The summed E-state index contributed by atoms with van der Waals surface area (Å²) >= 11 is 0. The van der Waals surface area contributed by atoms with Gasteiger partial charge in [0.25, 0.3) is 0 Å². The lowest BCUT2D eigenvalue weighted by molar-refractivity contribution is -0.149. The summed E-state index contributed by atoms with van der Waals surface area (Å²) in [7, 11) is 0. The monoisotopic (exact) mass is 199 g/mol. The highest BCUT2D eigenvalue weighted by molar-refractivity contribution is 5.72. The van der Waals surface area contributed by atoms with Crippen LogP contribution in [0.4, 0.5) is 0 Å². The Kier molecular flexibility index (Phi) is 4.22. The summed E-state index contributed by atoms with van der Waals surface area (Å²) in [6, 6.07) is 0. The van der Waals surface area contributed by atoms with Crippen molar-refractivity contribution in [1.29, 1.82) is 0 Å². The minimum absolute atomic E-state index is 0.0531. The number of ether oxygens (including phenoxy) is 1. The predicted octanol–water partition coefficient (Wildman–Crippen LogP) is 0.163. The number of piperidine rings is 1. The van der Waals surface area contributed by atoms with E-state index in [1.807, 2.05) is 11.8 Å². The van der Waals surface area contributed by atoms with E-state index in [0.29, 0.717) is 6.61 Å². The van der Waals surface area contributed by atoms with Crippen molar-refractivity contribution in [2.24, 2.45) is 16.9 Å². The Balaban J connectivity index is 2.31. The first kappa shape index (κ1) is 10.8. The fourth-order valence-electron chi connectivity index (χ4n) is 1.61. The van der Waals surface area contributed by atoms with Gasteiger partial charge in [0.05, 0.1) is 12.5 Å². The number of hydrogen-bond donors (Lipinski definition) is 1. The quantitative estimate of drug-likeness (QED) is 0.231. The fraction of sp³-hybridized carbons (Fsp3) is 0.778. The average Bonchev–Trinajstić information content (AvgIpc) is 2.20. The number of carbonyl (C=O) groups is 1. The number of rotatable bonds is 3. The highest BCUT2D eigenvalue weighted by Crippen LogP contribution is 2.17. The second-order valence-corrected chi connectivity index (χ2v) is 3.33. The summed E-state index contributed by atoms with van der Waals surface area (Å²) in [5, 5.41) is 3.45. The third-order valence-corrected chi connectivity index (χ3v) is 2.38. The molecule has 2 N–H and O–H groups in total. The molecular formula is C9H17N3O2. The number of carbonyl (C=O) groups excluding carboxylic acids is 1. The van der Waals surface area contributed by atoms with Gasteiger partial charge in [-0.2, -0.15) is 5.10 Å². The highest BCUT2D eigenvalue weighted by atomic mass is 16.5. The molecule has 1 aliphatic heterocycles. The second kappa shape index (κ2) is 5.47. The first-order valence-corrected chi connectivity index (χ1v) is 4.92. The number of likely N-dealkylation sites (tertiary alicyclic amines) is 1. The normalized spacial score (nSPS) is 18.8. The van der Waals surface area contributed by atoms with E-state index in [1.165, 1.54) is 0 Å². The molecule has 1 aliphatic rings. The summed E-state index contributed by atoms with van der Waals surface area (Å²) in [6.07, 6.45) is 3.26. The summed E-state index contributed by atoms with van der Waals surface area (Å²) in [4.78, 5) is 13.4. The van der Waals surface area contributed by atoms with Crippen LogP contribution in [0.3, 0.4) is 0 Å². The molecule has 0 atom stereocenters. The van der Waals surface area contributed by atoms with Gasteiger partial charge in [0, 0.05) is 13.1 Å². The maximum atomic E-state index is 11.4. The molecule has 0 aromatic carbocycles. The van der Waals surface area contributed by atoms with Gasteiger partial charge in [-0.15, -0.1) is 0 Å². The molecule has 0 unspecified atom stereocenters. The first-order chi connectivity index (χ1) is 6.77. The molecule has 0 bridgehead atoms. The predicted molar refractivity (Wildman–Crippen MR) is 53.6 cm³/mol. The van der Waals surface area contributed by atoms with E-state index in [1.54, 1.807) is 6.34 Å². The number of nitrogens with two attached hydrogens (primary N) is 1. The lowest BCUT2D eigenvalue weighted by Gasteiger charge is -2.28. The van der Waals surface area contributed by atoms with Gasteiger partial charge in [0.1, 0.15) is 6.34 Å². The Labute approximate surface area is 83.9 Å². The van der Waals surface area contributed by atoms with E-state index in [9.17, 15) is 4.79 Å². The zero-order chi connectivity index (χ0) is 10.4. The van der Waals surface area contributed by atoms with Crippen LogP contribution < -0.4 is 5.84 Å². The van der Waals surface area contributed by atoms with Gasteiger partial charge in [0.2, 0.25) is 0 Å². The molecule has 1 heterocycles. The first-order valence-electron chi connectivity index (χ1n) is 4.92. The summed E-state index contributed by atoms with van der Waals surface area (Å²) in [6.45, 7) is 3.94. The molecule has 5 heteroatoms. The van der Waals surface area contributed by atoms with Crippen molar-refractivity contribution < 1.29 is 9.53 Å². The van der Waals surface area contributed by atoms with E-state index >= 15 is 0 Å². The second-order valence-electron chi connectivity index (χ2n) is 3.33. The smallest absolute Gasteiger partial charge is 0.309 e. The lowest BCUT2D eigenvalue weighted by atomic mass is 9.97. The minimum atomic E-state index is -0.0724. The molecule has 1 fully saturated rings. The summed E-state index contributed by atoms with van der Waals surface area (Å²) < 4.78 is 4.96. The molecule has 1 saturated heterocycles. The van der Waals surface area contributed by atoms with Crippen LogP contribution in [0.15, 0.2) is 5.10 Å². The van der Waals surface area contributed by atoms with Gasteiger partial charge in [-0.1, -0.05) is 0 Å². The van der Waals surface area contributed by atoms with E-state index < -0.39 is 0 Å². The Morgan fingerprint density at radius 1 is 1.64 bits per heavy atom. The Hall–Kier alpha value is -1.26. The Morgan fingerprint density at radius 2 is 2.29 bits per heavy atom. The largest absolute Gasteiger partial charge is 0.466 e. The number of hydrogen-bond acceptors (Lipinski definition) is 4. The molecule has 0 aromatic rings. The van der Waals surface area contributed by atoms with Crippen LogP contribution >= 0.6 is 0 Å². The van der Waals surface area contributed by atoms with Crippen LogP contribution in [0.2, 0.25) is 0 Å². The van der Waals surface area contributed by atoms with Crippen molar-refractivity contribution in [3.05, 3.63) is 0 Å². The number of esters is 1. The van der Waals surface area contributed by atoms with Crippen LogP contribution in [0, 0.1) is 5.92 Å². The molecule has 0 radical (unpaired) electrons. The molecule has 14 heavy (non-hydrogen) atoms. The van der Waals surface area contributed by atoms with Crippen LogP contribution in [-0.4, -0.2) is 36.9 Å². The maximum absolute atomic E-state index is 11.4.